The number of carbonyl (C=O) groups excluding carboxylic acids is 1. The van der Waals surface area contributed by atoms with Gasteiger partial charge in [-0.2, -0.15) is 0 Å². The van der Waals surface area contributed by atoms with E-state index in [1.807, 2.05) is 0 Å². The standard InChI is InChI=1S/C11H14N2O4/c1-6-4-7(9(14)15)5-8(12-6)13-10(16)11(2,3)17/h4-5,17H,1-3H3,(H,14,15)(H,12,13,16). The number of aromatic carboxylic acids is 1. The molecule has 92 valence electrons. The molecule has 1 aromatic rings. The first-order chi connectivity index (χ1) is 7.70. The van der Waals surface area contributed by atoms with Gasteiger partial charge in [-0.3, -0.25) is 4.79 Å². The summed E-state index contributed by atoms with van der Waals surface area (Å²) < 4.78 is 0. The van der Waals surface area contributed by atoms with Crippen molar-refractivity contribution in [3.05, 3.63) is 23.4 Å². The normalized spacial score (nSPS) is 11.1. The molecule has 0 aromatic carbocycles. The molecule has 1 heterocycles. The van der Waals surface area contributed by atoms with Gasteiger partial charge >= 0.3 is 5.97 Å². The monoisotopic (exact) mass is 238 g/mol. The number of hydrogen-bond acceptors (Lipinski definition) is 4. The fraction of sp³-hybridized carbons (Fsp3) is 0.364. The number of nitrogens with zero attached hydrogens (tertiary/aromatic N) is 1. The van der Waals surface area contributed by atoms with Crippen molar-refractivity contribution in [2.75, 3.05) is 5.32 Å². The first-order valence-corrected chi connectivity index (χ1v) is 4.96. The van der Waals surface area contributed by atoms with Gasteiger partial charge in [-0.25, -0.2) is 9.78 Å². The predicted octanol–water partition coefficient (Wildman–Crippen LogP) is 0.798. The maximum absolute atomic E-state index is 11.5. The SMILES string of the molecule is Cc1cc(C(=O)O)cc(NC(=O)C(C)(C)O)n1. The second-order valence-corrected chi connectivity index (χ2v) is 4.20. The number of aryl methyl sites for hydroxylation is 1. The van der Waals surface area contributed by atoms with Gasteiger partial charge in [0.05, 0.1) is 5.56 Å². The van der Waals surface area contributed by atoms with E-state index in [1.54, 1.807) is 6.92 Å². The lowest BCUT2D eigenvalue weighted by atomic mass is 10.1. The van der Waals surface area contributed by atoms with Crippen molar-refractivity contribution < 1.29 is 19.8 Å². The Morgan fingerprint density at radius 2 is 1.94 bits per heavy atom. The third kappa shape index (κ3) is 3.53. The Kier molecular flexibility index (Phi) is 3.47. The summed E-state index contributed by atoms with van der Waals surface area (Å²) in [6, 6.07) is 2.63. The number of amides is 1. The van der Waals surface area contributed by atoms with E-state index in [9.17, 15) is 14.7 Å². The second-order valence-electron chi connectivity index (χ2n) is 4.20. The van der Waals surface area contributed by atoms with Crippen LogP contribution in [0.5, 0.6) is 0 Å². The van der Waals surface area contributed by atoms with Gasteiger partial charge in [0.2, 0.25) is 0 Å². The molecule has 0 aliphatic rings. The average molecular weight is 238 g/mol. The minimum atomic E-state index is -1.55. The molecule has 17 heavy (non-hydrogen) atoms. The van der Waals surface area contributed by atoms with E-state index in [4.69, 9.17) is 5.11 Å². The number of carbonyl (C=O) groups is 2. The number of nitrogens with one attached hydrogen (secondary N) is 1. The summed E-state index contributed by atoms with van der Waals surface area (Å²) >= 11 is 0. The minimum absolute atomic E-state index is 0.0311. The van der Waals surface area contributed by atoms with E-state index in [-0.39, 0.29) is 11.4 Å². The molecule has 1 aromatic heterocycles. The Hall–Kier alpha value is -1.95. The van der Waals surface area contributed by atoms with Gasteiger partial charge in [-0.1, -0.05) is 0 Å². The quantitative estimate of drug-likeness (QED) is 0.723. The van der Waals surface area contributed by atoms with E-state index in [0.717, 1.165) is 0 Å². The van der Waals surface area contributed by atoms with E-state index in [2.05, 4.69) is 10.3 Å². The van der Waals surface area contributed by atoms with Crippen LogP contribution in [0.2, 0.25) is 0 Å². The lowest BCUT2D eigenvalue weighted by Gasteiger charge is -2.16. The van der Waals surface area contributed by atoms with Crippen LogP contribution in [0.15, 0.2) is 12.1 Å². The molecule has 0 aliphatic carbocycles. The zero-order valence-electron chi connectivity index (χ0n) is 9.81. The van der Waals surface area contributed by atoms with E-state index < -0.39 is 17.5 Å². The summed E-state index contributed by atoms with van der Waals surface area (Å²) in [6.07, 6.45) is 0. The van der Waals surface area contributed by atoms with Crippen LogP contribution in [0, 0.1) is 6.92 Å². The zero-order chi connectivity index (χ0) is 13.2. The highest BCUT2D eigenvalue weighted by molar-refractivity contribution is 5.97. The highest BCUT2D eigenvalue weighted by atomic mass is 16.4. The van der Waals surface area contributed by atoms with Crippen LogP contribution in [0.3, 0.4) is 0 Å². The summed E-state index contributed by atoms with van der Waals surface area (Å²) in [5, 5.41) is 20.6. The van der Waals surface area contributed by atoms with Gasteiger partial charge in [-0.05, 0) is 32.9 Å². The lowest BCUT2D eigenvalue weighted by Crippen LogP contribution is -2.37. The Labute approximate surface area is 98.3 Å². The fourth-order valence-corrected chi connectivity index (χ4v) is 1.13. The summed E-state index contributed by atoms with van der Waals surface area (Å²) in [4.78, 5) is 26.2. The van der Waals surface area contributed by atoms with Gasteiger partial charge in [-0.15, -0.1) is 0 Å². The summed E-state index contributed by atoms with van der Waals surface area (Å²) in [5.74, 6) is -1.64. The molecule has 0 bridgehead atoms. The number of carboxylic acid groups (broad SMARTS) is 1. The molecule has 0 unspecified atom stereocenters. The van der Waals surface area contributed by atoms with Crippen LogP contribution >= 0.6 is 0 Å². The molecule has 0 saturated heterocycles. The average Bonchev–Trinajstić information content (AvgIpc) is 2.14. The van der Waals surface area contributed by atoms with Crippen molar-refractivity contribution in [3.63, 3.8) is 0 Å². The zero-order valence-corrected chi connectivity index (χ0v) is 9.81. The summed E-state index contributed by atoms with van der Waals surface area (Å²) in [7, 11) is 0. The van der Waals surface area contributed by atoms with Crippen molar-refractivity contribution in [1.29, 1.82) is 0 Å². The lowest BCUT2D eigenvalue weighted by molar-refractivity contribution is -0.130. The topological polar surface area (TPSA) is 99.5 Å². The van der Waals surface area contributed by atoms with Crippen molar-refractivity contribution in [2.24, 2.45) is 0 Å². The molecule has 0 saturated carbocycles. The number of pyridine rings is 1. The molecule has 1 rings (SSSR count). The molecular weight excluding hydrogens is 224 g/mol. The van der Waals surface area contributed by atoms with Crippen molar-refractivity contribution in [3.8, 4) is 0 Å². The van der Waals surface area contributed by atoms with Gasteiger partial charge in [0.1, 0.15) is 11.4 Å². The molecular formula is C11H14N2O4. The van der Waals surface area contributed by atoms with Gasteiger partial charge in [0.15, 0.2) is 0 Å². The van der Waals surface area contributed by atoms with Crippen molar-refractivity contribution >= 4 is 17.7 Å². The molecule has 1 amide bonds. The molecule has 0 aliphatic heterocycles. The maximum atomic E-state index is 11.5. The Morgan fingerprint density at radius 3 is 2.41 bits per heavy atom. The molecule has 0 spiro atoms. The van der Waals surface area contributed by atoms with Crippen molar-refractivity contribution in [1.82, 2.24) is 4.98 Å². The minimum Gasteiger partial charge on any atom is -0.478 e. The number of carboxylic acids is 1. The molecule has 0 fully saturated rings. The van der Waals surface area contributed by atoms with E-state index in [0.29, 0.717) is 5.69 Å². The molecule has 3 N–H and O–H groups in total. The Balaban J connectivity index is 3.00. The molecule has 6 heteroatoms. The number of anilines is 1. The molecule has 0 atom stereocenters. The third-order valence-corrected chi connectivity index (χ3v) is 2.00. The number of hydrogen-bond donors (Lipinski definition) is 3. The largest absolute Gasteiger partial charge is 0.478 e. The summed E-state index contributed by atoms with van der Waals surface area (Å²) in [6.45, 7) is 4.28. The Bertz CT molecular complexity index is 463. The number of rotatable bonds is 3. The first-order valence-electron chi connectivity index (χ1n) is 4.96. The highest BCUT2D eigenvalue weighted by Crippen LogP contribution is 2.12. The van der Waals surface area contributed by atoms with Crippen LogP contribution in [0.25, 0.3) is 0 Å². The Morgan fingerprint density at radius 1 is 1.35 bits per heavy atom. The first kappa shape index (κ1) is 13.1. The van der Waals surface area contributed by atoms with Crippen LogP contribution in [0.4, 0.5) is 5.82 Å². The highest BCUT2D eigenvalue weighted by Gasteiger charge is 2.24. The van der Waals surface area contributed by atoms with Crippen molar-refractivity contribution in [2.45, 2.75) is 26.4 Å². The van der Waals surface area contributed by atoms with Crippen LogP contribution in [-0.2, 0) is 4.79 Å². The van der Waals surface area contributed by atoms with Crippen LogP contribution in [-0.4, -0.2) is 32.7 Å². The van der Waals surface area contributed by atoms with Gasteiger partial charge in [0.25, 0.3) is 5.91 Å². The fourth-order valence-electron chi connectivity index (χ4n) is 1.13. The predicted molar refractivity (Wildman–Crippen MR) is 60.9 cm³/mol. The number of aliphatic hydroxyl groups is 1. The maximum Gasteiger partial charge on any atom is 0.335 e. The second kappa shape index (κ2) is 4.50. The smallest absolute Gasteiger partial charge is 0.335 e. The van der Waals surface area contributed by atoms with E-state index >= 15 is 0 Å². The third-order valence-electron chi connectivity index (χ3n) is 2.00. The van der Waals surface area contributed by atoms with Crippen LogP contribution < -0.4 is 5.32 Å². The number of aromatic nitrogens is 1. The van der Waals surface area contributed by atoms with Crippen LogP contribution in [0.1, 0.15) is 29.9 Å². The van der Waals surface area contributed by atoms with Gasteiger partial charge < -0.3 is 15.5 Å². The molecule has 0 radical (unpaired) electrons. The summed E-state index contributed by atoms with van der Waals surface area (Å²) in [5.41, 5.74) is -1.05. The molecule has 6 nitrogen and oxygen atoms in total. The van der Waals surface area contributed by atoms with E-state index in [1.165, 1.54) is 26.0 Å². The van der Waals surface area contributed by atoms with Gasteiger partial charge in [0, 0.05) is 5.69 Å².